The summed E-state index contributed by atoms with van der Waals surface area (Å²) in [7, 11) is -1.88. The Kier molecular flexibility index (Phi) is 7.31. The lowest BCUT2D eigenvalue weighted by atomic mass is 9.72. The van der Waals surface area contributed by atoms with Crippen molar-refractivity contribution in [2.45, 2.75) is 62.3 Å². The molecule has 1 heterocycles. The number of aliphatic carboxylic acids is 1. The number of rotatable bonds is 9. The van der Waals surface area contributed by atoms with Crippen LogP contribution in [0.2, 0.25) is 10.0 Å². The van der Waals surface area contributed by atoms with E-state index in [9.17, 15) is 23.1 Å². The normalized spacial score (nSPS) is 28.1. The Morgan fingerprint density at radius 2 is 1.79 bits per heavy atom. The van der Waals surface area contributed by atoms with Crippen molar-refractivity contribution < 1.29 is 23.1 Å². The van der Waals surface area contributed by atoms with Crippen molar-refractivity contribution in [3.63, 3.8) is 0 Å². The Labute approximate surface area is 233 Å². The van der Waals surface area contributed by atoms with Crippen LogP contribution in [0.4, 0.5) is 0 Å². The minimum Gasteiger partial charge on any atom is -0.481 e. The predicted octanol–water partition coefficient (Wildman–Crippen LogP) is 5.34. The quantitative estimate of drug-likeness (QED) is 0.433. The first kappa shape index (κ1) is 27.4. The molecule has 1 saturated heterocycles. The SMILES string of the molecule is CC[C@@H](CN(C)S(=O)(=O)C1CC1)N1C(=O)[C@@]2(C[C@H](c3cccc(Cl)c3)C1c1ccc(Cl)cc1)C[C@@H]2C(=O)O. The maximum absolute atomic E-state index is 14.3. The summed E-state index contributed by atoms with van der Waals surface area (Å²) in [6.45, 7) is 2.08. The van der Waals surface area contributed by atoms with Crippen LogP contribution in [0, 0.1) is 11.3 Å². The Bertz CT molecular complexity index is 1350. The standard InChI is InChI=1S/C28H32Cl2N2O5S/c1-3-21(16-31(2)38(36,37)22-11-12-22)32-25(17-7-9-19(29)10-8-17)23(18-5-4-6-20(30)13-18)14-28(27(32)35)15-24(28)26(33)34/h4-10,13,21-25H,3,11-12,14-16H2,1-2H3,(H,33,34)/t21-,23+,24+,25?,28-/m0/s1. The maximum Gasteiger partial charge on any atom is 0.307 e. The van der Waals surface area contributed by atoms with E-state index in [1.165, 1.54) is 4.31 Å². The smallest absolute Gasteiger partial charge is 0.307 e. The molecule has 1 N–H and O–H groups in total. The molecular formula is C28H32Cl2N2O5S. The number of halogens is 2. The third-order valence-electron chi connectivity index (χ3n) is 8.50. The highest BCUT2D eigenvalue weighted by molar-refractivity contribution is 7.90. The number of hydrogen-bond donors (Lipinski definition) is 1. The number of carboxylic acids is 1. The van der Waals surface area contributed by atoms with E-state index in [0.29, 0.717) is 35.7 Å². The molecule has 2 aromatic carbocycles. The zero-order valence-electron chi connectivity index (χ0n) is 21.4. The number of carbonyl (C=O) groups excluding carboxylic acids is 1. The van der Waals surface area contributed by atoms with Gasteiger partial charge in [-0.3, -0.25) is 9.59 Å². The number of sulfonamides is 1. The van der Waals surface area contributed by atoms with Gasteiger partial charge in [0.1, 0.15) is 0 Å². The van der Waals surface area contributed by atoms with E-state index in [1.807, 2.05) is 37.3 Å². The molecule has 1 spiro atoms. The molecule has 204 valence electrons. The van der Waals surface area contributed by atoms with E-state index in [4.69, 9.17) is 23.2 Å². The molecule has 0 aromatic heterocycles. The third kappa shape index (κ3) is 4.85. The third-order valence-corrected chi connectivity index (χ3v) is 11.3. The summed E-state index contributed by atoms with van der Waals surface area (Å²) in [4.78, 5) is 28.2. The van der Waals surface area contributed by atoms with Gasteiger partial charge in [-0.2, -0.15) is 0 Å². The molecule has 2 aliphatic carbocycles. The summed E-state index contributed by atoms with van der Waals surface area (Å²) in [5, 5.41) is 10.7. The van der Waals surface area contributed by atoms with E-state index in [1.54, 1.807) is 30.1 Å². The van der Waals surface area contributed by atoms with E-state index in [-0.39, 0.29) is 30.0 Å². The van der Waals surface area contributed by atoms with Gasteiger partial charge in [0.25, 0.3) is 0 Å². The number of amides is 1. The fourth-order valence-electron chi connectivity index (χ4n) is 6.18. The molecule has 2 aromatic rings. The zero-order valence-corrected chi connectivity index (χ0v) is 23.7. The van der Waals surface area contributed by atoms with Crippen molar-refractivity contribution >= 4 is 45.1 Å². The molecular weight excluding hydrogens is 547 g/mol. The zero-order chi connectivity index (χ0) is 27.4. The number of benzene rings is 2. The van der Waals surface area contributed by atoms with Crippen molar-refractivity contribution in [1.29, 1.82) is 0 Å². The number of carbonyl (C=O) groups is 2. The number of piperidine rings is 1. The molecule has 3 fully saturated rings. The van der Waals surface area contributed by atoms with Crippen LogP contribution in [0.15, 0.2) is 48.5 Å². The lowest BCUT2D eigenvalue weighted by Gasteiger charge is -2.49. The van der Waals surface area contributed by atoms with Crippen LogP contribution in [0.3, 0.4) is 0 Å². The van der Waals surface area contributed by atoms with E-state index >= 15 is 0 Å². The van der Waals surface area contributed by atoms with Crippen molar-refractivity contribution in [1.82, 2.24) is 9.21 Å². The molecule has 5 rings (SSSR count). The lowest BCUT2D eigenvalue weighted by Crippen LogP contribution is -2.56. The van der Waals surface area contributed by atoms with Gasteiger partial charge < -0.3 is 10.0 Å². The van der Waals surface area contributed by atoms with Gasteiger partial charge in [-0.05, 0) is 67.5 Å². The van der Waals surface area contributed by atoms with Crippen LogP contribution in [0.25, 0.3) is 0 Å². The van der Waals surface area contributed by atoms with Gasteiger partial charge in [0.05, 0.1) is 22.6 Å². The van der Waals surface area contributed by atoms with Gasteiger partial charge in [0, 0.05) is 35.6 Å². The molecule has 38 heavy (non-hydrogen) atoms. The molecule has 5 atom stereocenters. The van der Waals surface area contributed by atoms with E-state index < -0.39 is 39.4 Å². The highest BCUT2D eigenvalue weighted by atomic mass is 35.5. The molecule has 0 bridgehead atoms. The van der Waals surface area contributed by atoms with Crippen molar-refractivity contribution in [3.05, 3.63) is 69.7 Å². The minimum atomic E-state index is -3.46. The van der Waals surface area contributed by atoms with Crippen LogP contribution in [-0.2, 0) is 19.6 Å². The number of carboxylic acid groups (broad SMARTS) is 1. The summed E-state index contributed by atoms with van der Waals surface area (Å²) in [5.41, 5.74) is 0.753. The summed E-state index contributed by atoms with van der Waals surface area (Å²) in [6, 6.07) is 13.9. The second-order valence-corrected chi connectivity index (χ2v) is 14.1. The topological polar surface area (TPSA) is 95.0 Å². The van der Waals surface area contributed by atoms with Crippen LogP contribution < -0.4 is 0 Å². The van der Waals surface area contributed by atoms with Gasteiger partial charge in [0.2, 0.25) is 15.9 Å². The Morgan fingerprint density at radius 1 is 1.11 bits per heavy atom. The van der Waals surface area contributed by atoms with E-state index in [0.717, 1.165) is 11.1 Å². The minimum absolute atomic E-state index is 0.140. The molecule has 1 amide bonds. The van der Waals surface area contributed by atoms with Crippen LogP contribution in [0.5, 0.6) is 0 Å². The van der Waals surface area contributed by atoms with Gasteiger partial charge >= 0.3 is 5.97 Å². The first-order valence-electron chi connectivity index (χ1n) is 13.0. The average Bonchev–Trinajstić information content (AvgIpc) is 3.80. The fourth-order valence-corrected chi connectivity index (χ4v) is 8.12. The van der Waals surface area contributed by atoms with Crippen molar-refractivity contribution in [2.75, 3.05) is 13.6 Å². The van der Waals surface area contributed by atoms with Gasteiger partial charge in [-0.25, -0.2) is 12.7 Å². The Hall–Kier alpha value is -2.13. The Morgan fingerprint density at radius 3 is 2.34 bits per heavy atom. The first-order valence-corrected chi connectivity index (χ1v) is 15.3. The molecule has 7 nitrogen and oxygen atoms in total. The number of nitrogens with zero attached hydrogens (tertiary/aromatic N) is 2. The molecule has 1 unspecified atom stereocenters. The summed E-state index contributed by atoms with van der Waals surface area (Å²) in [6.07, 6.45) is 2.46. The summed E-state index contributed by atoms with van der Waals surface area (Å²) < 4.78 is 27.4. The summed E-state index contributed by atoms with van der Waals surface area (Å²) in [5.74, 6) is -2.20. The number of likely N-dealkylation sites (N-methyl/N-ethyl adjacent to an activating group) is 1. The molecule has 2 saturated carbocycles. The second-order valence-electron chi connectivity index (χ2n) is 10.9. The first-order chi connectivity index (χ1) is 18.0. The van der Waals surface area contributed by atoms with Crippen LogP contribution in [0.1, 0.15) is 62.1 Å². The molecule has 3 aliphatic rings. The number of hydrogen-bond acceptors (Lipinski definition) is 4. The van der Waals surface area contributed by atoms with Gasteiger partial charge in [-0.1, -0.05) is 54.4 Å². The van der Waals surface area contributed by atoms with Crippen molar-refractivity contribution in [2.24, 2.45) is 11.3 Å². The monoisotopic (exact) mass is 578 g/mol. The van der Waals surface area contributed by atoms with Crippen molar-refractivity contribution in [3.8, 4) is 0 Å². The molecule has 10 heteroatoms. The maximum atomic E-state index is 14.3. The fraction of sp³-hybridized carbons (Fsp3) is 0.500. The van der Waals surface area contributed by atoms with Gasteiger partial charge in [0.15, 0.2) is 0 Å². The predicted molar refractivity (Wildman–Crippen MR) is 147 cm³/mol. The van der Waals surface area contributed by atoms with E-state index in [2.05, 4.69) is 0 Å². The van der Waals surface area contributed by atoms with Crippen LogP contribution in [-0.4, -0.2) is 59.5 Å². The largest absolute Gasteiger partial charge is 0.481 e. The second kappa shape index (κ2) is 10.1. The highest BCUT2D eigenvalue weighted by Crippen LogP contribution is 2.65. The average molecular weight is 580 g/mol. The molecule has 1 aliphatic heterocycles. The molecule has 0 radical (unpaired) electrons. The lowest BCUT2D eigenvalue weighted by molar-refractivity contribution is -0.154. The van der Waals surface area contributed by atoms with Crippen LogP contribution >= 0.6 is 23.2 Å². The van der Waals surface area contributed by atoms with Gasteiger partial charge in [-0.15, -0.1) is 0 Å². The highest BCUT2D eigenvalue weighted by Gasteiger charge is 2.69. The summed E-state index contributed by atoms with van der Waals surface area (Å²) >= 11 is 12.6. The number of likely N-dealkylation sites (tertiary alicyclic amines) is 1. The Balaban J connectivity index is 1.63.